The Morgan fingerprint density at radius 2 is 2.03 bits per heavy atom. The maximum absolute atomic E-state index is 14.1. The minimum atomic E-state index is -1.10. The molecular weight excluding hydrogens is 448 g/mol. The third kappa shape index (κ3) is 4.27. The summed E-state index contributed by atoms with van der Waals surface area (Å²) in [5.74, 6) is -0.792. The van der Waals surface area contributed by atoms with E-state index in [9.17, 15) is 19.1 Å². The fourth-order valence-electron chi connectivity index (χ4n) is 3.98. The van der Waals surface area contributed by atoms with E-state index in [1.54, 1.807) is 6.07 Å². The van der Waals surface area contributed by atoms with E-state index >= 15 is 0 Å². The van der Waals surface area contributed by atoms with Gasteiger partial charge in [-0.3, -0.25) is 9.59 Å². The standard InChI is InChI=1S/C21H20Cl2FN3O4/c22-12-9-14(23)19(25-10-12)27-7-5-21(6-8-27,20(29)30)11-31-16-3-2-15(24)18-13(16)1-4-17(28)26-18/h2-3,9-10H,1,4-8,11H2,(H,26,28)(H,29,30). The first-order valence-corrected chi connectivity index (χ1v) is 10.6. The highest BCUT2D eigenvalue weighted by molar-refractivity contribution is 6.36. The number of nitrogens with one attached hydrogen (secondary N) is 1. The van der Waals surface area contributed by atoms with Crippen LogP contribution in [0.2, 0.25) is 10.0 Å². The number of aliphatic carboxylic acids is 1. The Balaban J connectivity index is 1.49. The molecule has 0 bridgehead atoms. The maximum Gasteiger partial charge on any atom is 0.313 e. The lowest BCUT2D eigenvalue weighted by atomic mass is 9.79. The molecule has 10 heteroatoms. The average molecular weight is 468 g/mol. The van der Waals surface area contributed by atoms with Gasteiger partial charge in [0.05, 0.1) is 15.7 Å². The van der Waals surface area contributed by atoms with Crippen LogP contribution in [-0.4, -0.2) is 41.7 Å². The summed E-state index contributed by atoms with van der Waals surface area (Å²) >= 11 is 12.1. The van der Waals surface area contributed by atoms with Gasteiger partial charge in [0.25, 0.3) is 0 Å². The van der Waals surface area contributed by atoms with Crippen molar-refractivity contribution in [2.45, 2.75) is 25.7 Å². The van der Waals surface area contributed by atoms with Crippen molar-refractivity contribution in [3.63, 3.8) is 0 Å². The molecule has 2 aromatic rings. The van der Waals surface area contributed by atoms with Crippen LogP contribution in [0.4, 0.5) is 15.9 Å². The van der Waals surface area contributed by atoms with E-state index in [4.69, 9.17) is 27.9 Å². The molecule has 0 saturated carbocycles. The summed E-state index contributed by atoms with van der Waals surface area (Å²) in [7, 11) is 0. The summed E-state index contributed by atoms with van der Waals surface area (Å²) in [6.45, 7) is 0.799. The predicted molar refractivity (Wildman–Crippen MR) is 115 cm³/mol. The number of pyridine rings is 1. The highest BCUT2D eigenvalue weighted by atomic mass is 35.5. The molecule has 3 heterocycles. The normalized spacial score (nSPS) is 17.6. The predicted octanol–water partition coefficient (Wildman–Crippen LogP) is 4.16. The van der Waals surface area contributed by atoms with Gasteiger partial charge in [0, 0.05) is 31.3 Å². The van der Waals surface area contributed by atoms with E-state index in [1.165, 1.54) is 18.3 Å². The summed E-state index contributed by atoms with van der Waals surface area (Å²) < 4.78 is 20.0. The Kier molecular flexibility index (Phi) is 5.94. The zero-order valence-corrected chi connectivity index (χ0v) is 18.0. The molecule has 1 amide bonds. The van der Waals surface area contributed by atoms with Gasteiger partial charge < -0.3 is 20.1 Å². The molecule has 1 fully saturated rings. The minimum Gasteiger partial charge on any atom is -0.492 e. The molecule has 4 rings (SSSR count). The second-order valence-electron chi connectivity index (χ2n) is 7.77. The van der Waals surface area contributed by atoms with Crippen LogP contribution in [0.25, 0.3) is 0 Å². The van der Waals surface area contributed by atoms with Crippen LogP contribution in [0.1, 0.15) is 24.8 Å². The Hall–Kier alpha value is -2.58. The Bertz CT molecular complexity index is 1040. The fourth-order valence-corrected chi connectivity index (χ4v) is 4.48. The van der Waals surface area contributed by atoms with Crippen LogP contribution in [0, 0.1) is 11.2 Å². The number of nitrogens with zero attached hydrogens (tertiary/aromatic N) is 2. The zero-order valence-electron chi connectivity index (χ0n) is 16.5. The lowest BCUT2D eigenvalue weighted by Gasteiger charge is -2.39. The minimum absolute atomic E-state index is 0.0655. The van der Waals surface area contributed by atoms with Gasteiger partial charge in [0.15, 0.2) is 0 Å². The summed E-state index contributed by atoms with van der Waals surface area (Å²) in [5.41, 5.74) is -0.444. The largest absolute Gasteiger partial charge is 0.492 e. The number of benzene rings is 1. The van der Waals surface area contributed by atoms with Gasteiger partial charge in [-0.05, 0) is 37.5 Å². The fraction of sp³-hybridized carbons (Fsp3) is 0.381. The summed E-state index contributed by atoms with van der Waals surface area (Å²) in [6, 6.07) is 4.29. The number of amides is 1. The van der Waals surface area contributed by atoms with Crippen molar-refractivity contribution in [2.75, 3.05) is 29.9 Å². The van der Waals surface area contributed by atoms with E-state index in [1.807, 2.05) is 4.90 Å². The van der Waals surface area contributed by atoms with Gasteiger partial charge in [-0.1, -0.05) is 23.2 Å². The van der Waals surface area contributed by atoms with Crippen LogP contribution in [0.5, 0.6) is 5.75 Å². The van der Waals surface area contributed by atoms with Crippen molar-refractivity contribution in [2.24, 2.45) is 5.41 Å². The molecule has 1 saturated heterocycles. The van der Waals surface area contributed by atoms with Gasteiger partial charge in [0.1, 0.15) is 29.4 Å². The molecule has 0 spiro atoms. The quantitative estimate of drug-likeness (QED) is 0.685. The first-order valence-electron chi connectivity index (χ1n) is 9.82. The van der Waals surface area contributed by atoms with E-state index in [2.05, 4.69) is 10.3 Å². The smallest absolute Gasteiger partial charge is 0.313 e. The van der Waals surface area contributed by atoms with Crippen LogP contribution >= 0.6 is 23.2 Å². The molecule has 2 aliphatic rings. The van der Waals surface area contributed by atoms with Crippen molar-refractivity contribution in [1.29, 1.82) is 0 Å². The molecule has 0 aliphatic carbocycles. The lowest BCUT2D eigenvalue weighted by molar-refractivity contribution is -0.152. The van der Waals surface area contributed by atoms with Gasteiger partial charge in [-0.25, -0.2) is 9.37 Å². The van der Waals surface area contributed by atoms with Crippen molar-refractivity contribution in [1.82, 2.24) is 4.98 Å². The van der Waals surface area contributed by atoms with E-state index in [-0.39, 0.29) is 24.6 Å². The SMILES string of the molecule is O=C1CCc2c(OCC3(C(=O)O)CCN(c4ncc(Cl)cc4Cl)CC3)ccc(F)c2N1. The first-order chi connectivity index (χ1) is 14.8. The molecule has 164 valence electrons. The van der Waals surface area contributed by atoms with E-state index < -0.39 is 17.2 Å². The third-order valence-corrected chi connectivity index (χ3v) is 6.34. The second-order valence-corrected chi connectivity index (χ2v) is 8.61. The number of hydrogen-bond donors (Lipinski definition) is 2. The molecule has 0 radical (unpaired) electrons. The second kappa shape index (κ2) is 8.51. The number of aromatic nitrogens is 1. The van der Waals surface area contributed by atoms with Gasteiger partial charge in [-0.15, -0.1) is 0 Å². The topological polar surface area (TPSA) is 91.8 Å². The average Bonchev–Trinajstić information content (AvgIpc) is 2.74. The number of halogens is 3. The van der Waals surface area contributed by atoms with Gasteiger partial charge in [0.2, 0.25) is 5.91 Å². The number of carboxylic acid groups (broad SMARTS) is 1. The summed E-state index contributed by atoms with van der Waals surface area (Å²) in [4.78, 5) is 30.0. The van der Waals surface area contributed by atoms with Crippen LogP contribution in [0.15, 0.2) is 24.4 Å². The number of piperidine rings is 1. The number of hydrogen-bond acceptors (Lipinski definition) is 5. The number of rotatable bonds is 5. The number of ether oxygens (including phenoxy) is 1. The van der Waals surface area contributed by atoms with E-state index in [0.717, 1.165) is 0 Å². The van der Waals surface area contributed by atoms with Gasteiger partial charge >= 0.3 is 5.97 Å². The lowest BCUT2D eigenvalue weighted by Crippen LogP contribution is -2.48. The number of carboxylic acids is 1. The molecule has 7 nitrogen and oxygen atoms in total. The van der Waals surface area contributed by atoms with Crippen molar-refractivity contribution < 1.29 is 23.8 Å². The van der Waals surface area contributed by atoms with Crippen molar-refractivity contribution in [3.05, 3.63) is 45.8 Å². The Morgan fingerprint density at radius 3 is 2.71 bits per heavy atom. The highest BCUT2D eigenvalue weighted by Crippen LogP contribution is 2.38. The number of fused-ring (bicyclic) bond motifs is 1. The molecule has 2 aliphatic heterocycles. The van der Waals surface area contributed by atoms with E-state index in [0.29, 0.717) is 59.5 Å². The van der Waals surface area contributed by atoms with Crippen molar-refractivity contribution in [3.8, 4) is 5.75 Å². The molecule has 2 N–H and O–H groups in total. The van der Waals surface area contributed by atoms with Crippen LogP contribution in [0.3, 0.4) is 0 Å². The first kappa shape index (κ1) is 21.6. The summed E-state index contributed by atoms with van der Waals surface area (Å²) in [6.07, 6.45) is 2.71. The molecule has 0 unspecified atom stereocenters. The zero-order chi connectivity index (χ0) is 22.2. The Morgan fingerprint density at radius 1 is 1.29 bits per heavy atom. The van der Waals surface area contributed by atoms with Crippen molar-refractivity contribution >= 4 is 46.6 Å². The molecular formula is C21H20Cl2FN3O4. The van der Waals surface area contributed by atoms with Crippen LogP contribution < -0.4 is 15.0 Å². The Labute approximate surface area is 188 Å². The summed E-state index contributed by atoms with van der Waals surface area (Å²) in [5, 5.41) is 13.3. The molecule has 31 heavy (non-hydrogen) atoms. The molecule has 1 aromatic carbocycles. The number of anilines is 2. The van der Waals surface area contributed by atoms with Crippen LogP contribution in [-0.2, 0) is 16.0 Å². The highest BCUT2D eigenvalue weighted by Gasteiger charge is 2.43. The monoisotopic (exact) mass is 467 g/mol. The molecule has 0 atom stereocenters. The van der Waals surface area contributed by atoms with Gasteiger partial charge in [-0.2, -0.15) is 0 Å². The number of carbonyl (C=O) groups is 2. The molecule has 1 aromatic heterocycles. The maximum atomic E-state index is 14.1. The number of carbonyl (C=O) groups excluding carboxylic acids is 1. The third-order valence-electron chi connectivity index (χ3n) is 5.85.